The van der Waals surface area contributed by atoms with Gasteiger partial charge >= 0.3 is 0 Å². The SMILES string of the molecule is C[Si](C)(C)CCOCn1nc2cccc(F)c2c1C=O. The maximum absolute atomic E-state index is 13.7. The first-order chi connectivity index (χ1) is 9.42. The molecule has 4 nitrogen and oxygen atoms in total. The maximum atomic E-state index is 13.7. The number of ether oxygens (including phenoxy) is 1. The van der Waals surface area contributed by atoms with Crippen molar-refractivity contribution in [3.63, 3.8) is 0 Å². The van der Waals surface area contributed by atoms with Crippen molar-refractivity contribution in [1.82, 2.24) is 9.78 Å². The Morgan fingerprint density at radius 2 is 2.15 bits per heavy atom. The van der Waals surface area contributed by atoms with Gasteiger partial charge in [-0.3, -0.25) is 4.79 Å². The summed E-state index contributed by atoms with van der Waals surface area (Å²) in [5, 5.41) is 4.47. The minimum absolute atomic E-state index is 0.173. The van der Waals surface area contributed by atoms with Gasteiger partial charge in [-0.15, -0.1) is 0 Å². The molecule has 2 rings (SSSR count). The number of carbonyl (C=O) groups is 1. The van der Waals surface area contributed by atoms with Crippen molar-refractivity contribution >= 4 is 25.3 Å². The van der Waals surface area contributed by atoms with Crippen LogP contribution in [0.2, 0.25) is 25.7 Å². The molecule has 0 saturated carbocycles. The third-order valence-electron chi connectivity index (χ3n) is 3.08. The second kappa shape index (κ2) is 5.84. The molecule has 1 heterocycles. The van der Waals surface area contributed by atoms with Gasteiger partial charge in [0, 0.05) is 14.7 Å². The molecular weight excluding hydrogens is 275 g/mol. The summed E-state index contributed by atoms with van der Waals surface area (Å²) in [5.74, 6) is -0.432. The van der Waals surface area contributed by atoms with E-state index < -0.39 is 13.9 Å². The third-order valence-corrected chi connectivity index (χ3v) is 4.78. The molecule has 20 heavy (non-hydrogen) atoms. The number of halogens is 1. The van der Waals surface area contributed by atoms with Crippen LogP contribution in [0.4, 0.5) is 4.39 Å². The van der Waals surface area contributed by atoms with Crippen LogP contribution >= 0.6 is 0 Å². The van der Waals surface area contributed by atoms with Gasteiger partial charge in [-0.25, -0.2) is 9.07 Å². The van der Waals surface area contributed by atoms with Crippen LogP contribution in [0.3, 0.4) is 0 Å². The maximum Gasteiger partial charge on any atom is 0.168 e. The molecule has 0 N–H and O–H groups in total. The fraction of sp³-hybridized carbons (Fsp3) is 0.429. The van der Waals surface area contributed by atoms with Gasteiger partial charge in [0.15, 0.2) is 6.29 Å². The quantitative estimate of drug-likeness (QED) is 0.466. The van der Waals surface area contributed by atoms with Crippen LogP contribution in [0.15, 0.2) is 18.2 Å². The van der Waals surface area contributed by atoms with Crippen LogP contribution in [0.1, 0.15) is 10.5 Å². The number of carbonyl (C=O) groups excluding carboxylic acids is 1. The van der Waals surface area contributed by atoms with E-state index in [4.69, 9.17) is 4.74 Å². The van der Waals surface area contributed by atoms with Crippen LogP contribution < -0.4 is 0 Å². The molecule has 0 bridgehead atoms. The van der Waals surface area contributed by atoms with E-state index in [2.05, 4.69) is 24.7 Å². The van der Waals surface area contributed by atoms with Crippen molar-refractivity contribution in [1.29, 1.82) is 0 Å². The Morgan fingerprint density at radius 3 is 2.80 bits per heavy atom. The Labute approximate surface area is 118 Å². The van der Waals surface area contributed by atoms with Crippen LogP contribution in [0.5, 0.6) is 0 Å². The zero-order chi connectivity index (χ0) is 14.8. The van der Waals surface area contributed by atoms with Gasteiger partial charge in [0.1, 0.15) is 18.2 Å². The van der Waals surface area contributed by atoms with E-state index in [1.165, 1.54) is 10.7 Å². The third kappa shape index (κ3) is 3.32. The van der Waals surface area contributed by atoms with Crippen molar-refractivity contribution in [2.75, 3.05) is 6.61 Å². The smallest absolute Gasteiger partial charge is 0.168 e. The van der Waals surface area contributed by atoms with Gasteiger partial charge in [-0.2, -0.15) is 5.10 Å². The van der Waals surface area contributed by atoms with Crippen LogP contribution in [0, 0.1) is 5.82 Å². The molecule has 0 aliphatic heterocycles. The van der Waals surface area contributed by atoms with Crippen LogP contribution in [-0.4, -0.2) is 30.7 Å². The van der Waals surface area contributed by atoms with Crippen molar-refractivity contribution < 1.29 is 13.9 Å². The lowest BCUT2D eigenvalue weighted by molar-refractivity contribution is 0.0758. The zero-order valence-corrected chi connectivity index (χ0v) is 13.0. The number of fused-ring (bicyclic) bond motifs is 1. The Balaban J connectivity index is 2.14. The molecule has 0 saturated heterocycles. The van der Waals surface area contributed by atoms with E-state index in [0.29, 0.717) is 18.4 Å². The first-order valence-electron chi connectivity index (χ1n) is 6.60. The van der Waals surface area contributed by atoms with E-state index >= 15 is 0 Å². The molecule has 0 atom stereocenters. The van der Waals surface area contributed by atoms with E-state index in [-0.39, 0.29) is 17.8 Å². The summed E-state index contributed by atoms with van der Waals surface area (Å²) in [6.45, 7) is 7.61. The number of hydrogen-bond donors (Lipinski definition) is 0. The highest BCUT2D eigenvalue weighted by Gasteiger charge is 2.15. The minimum Gasteiger partial charge on any atom is -0.360 e. The van der Waals surface area contributed by atoms with Gasteiger partial charge in [-0.05, 0) is 18.2 Å². The molecule has 0 spiro atoms. The van der Waals surface area contributed by atoms with E-state index in [1.807, 2.05) is 0 Å². The monoisotopic (exact) mass is 294 g/mol. The first-order valence-corrected chi connectivity index (χ1v) is 10.3. The van der Waals surface area contributed by atoms with Crippen molar-refractivity contribution in [3.05, 3.63) is 29.7 Å². The standard InChI is InChI=1S/C14H19FN2O2Si/c1-20(2,3)8-7-19-10-17-13(9-18)14-11(15)5-4-6-12(14)16-17/h4-6,9H,7-8,10H2,1-3H3. The molecule has 0 aliphatic rings. The van der Waals surface area contributed by atoms with Gasteiger partial charge < -0.3 is 4.74 Å². The Kier molecular flexibility index (Phi) is 4.34. The number of aldehydes is 1. The topological polar surface area (TPSA) is 44.1 Å². The summed E-state index contributed by atoms with van der Waals surface area (Å²) >= 11 is 0. The molecule has 0 radical (unpaired) electrons. The average Bonchev–Trinajstić information content (AvgIpc) is 2.72. The fourth-order valence-electron chi connectivity index (χ4n) is 1.91. The summed E-state index contributed by atoms with van der Waals surface area (Å²) in [6.07, 6.45) is 0.625. The van der Waals surface area contributed by atoms with E-state index in [0.717, 1.165) is 6.04 Å². The van der Waals surface area contributed by atoms with Crippen molar-refractivity contribution in [2.24, 2.45) is 0 Å². The lowest BCUT2D eigenvalue weighted by atomic mass is 10.2. The first kappa shape index (κ1) is 14.9. The van der Waals surface area contributed by atoms with Crippen LogP contribution in [-0.2, 0) is 11.5 Å². The highest BCUT2D eigenvalue weighted by atomic mass is 28.3. The summed E-state index contributed by atoms with van der Waals surface area (Å²) in [6, 6.07) is 5.63. The predicted octanol–water partition coefficient (Wildman–Crippen LogP) is 3.30. The van der Waals surface area contributed by atoms with E-state index in [1.54, 1.807) is 12.1 Å². The molecule has 108 valence electrons. The summed E-state index contributed by atoms with van der Waals surface area (Å²) in [5.41, 5.74) is 0.701. The largest absolute Gasteiger partial charge is 0.360 e. The van der Waals surface area contributed by atoms with Gasteiger partial charge in [0.05, 0.1) is 10.9 Å². The molecule has 2 aromatic rings. The molecule has 1 aromatic heterocycles. The van der Waals surface area contributed by atoms with E-state index in [9.17, 15) is 9.18 Å². The highest BCUT2D eigenvalue weighted by molar-refractivity contribution is 6.76. The fourth-order valence-corrected chi connectivity index (χ4v) is 2.67. The van der Waals surface area contributed by atoms with Gasteiger partial charge in [-0.1, -0.05) is 25.7 Å². The molecule has 0 unspecified atom stereocenters. The number of nitrogens with zero attached hydrogens (tertiary/aromatic N) is 2. The number of rotatable bonds is 6. The molecule has 6 heteroatoms. The summed E-state index contributed by atoms with van der Waals surface area (Å²) < 4.78 is 20.7. The Bertz CT molecular complexity index is 619. The van der Waals surface area contributed by atoms with Crippen molar-refractivity contribution in [2.45, 2.75) is 32.4 Å². The summed E-state index contributed by atoms with van der Waals surface area (Å²) in [4.78, 5) is 11.2. The zero-order valence-electron chi connectivity index (χ0n) is 12.0. The number of benzene rings is 1. The number of aromatic nitrogens is 2. The van der Waals surface area contributed by atoms with Crippen molar-refractivity contribution in [3.8, 4) is 0 Å². The van der Waals surface area contributed by atoms with Gasteiger partial charge in [0.2, 0.25) is 0 Å². The van der Waals surface area contributed by atoms with Crippen LogP contribution in [0.25, 0.3) is 10.9 Å². The molecule has 0 amide bonds. The normalized spacial score (nSPS) is 12.0. The molecule has 0 aliphatic carbocycles. The lowest BCUT2D eigenvalue weighted by Gasteiger charge is -2.15. The lowest BCUT2D eigenvalue weighted by Crippen LogP contribution is -2.22. The average molecular weight is 294 g/mol. The molecule has 1 aromatic carbocycles. The second-order valence-electron chi connectivity index (χ2n) is 5.98. The van der Waals surface area contributed by atoms with Gasteiger partial charge in [0.25, 0.3) is 0 Å². The Morgan fingerprint density at radius 1 is 1.40 bits per heavy atom. The number of hydrogen-bond acceptors (Lipinski definition) is 3. The second-order valence-corrected chi connectivity index (χ2v) is 11.6. The predicted molar refractivity (Wildman–Crippen MR) is 79.2 cm³/mol. The highest BCUT2D eigenvalue weighted by Crippen LogP contribution is 2.20. The summed E-state index contributed by atoms with van der Waals surface area (Å²) in [7, 11) is -1.14. The minimum atomic E-state index is -1.14. The Hall–Kier alpha value is -1.53. The molecular formula is C14H19FN2O2Si. The molecule has 0 fully saturated rings.